The zero-order chi connectivity index (χ0) is 10.0. The lowest BCUT2D eigenvalue weighted by molar-refractivity contribution is -0.386. The summed E-state index contributed by atoms with van der Waals surface area (Å²) in [7, 11) is 0. The molecule has 0 fully saturated rings. The summed E-state index contributed by atoms with van der Waals surface area (Å²) in [5.41, 5.74) is -0.00329. The second-order valence-electron chi connectivity index (χ2n) is 2.68. The Morgan fingerprint density at radius 2 is 2.31 bits per heavy atom. The summed E-state index contributed by atoms with van der Waals surface area (Å²) in [5.74, 6) is -0.172. The SMILES string of the molecule is CC(=O)Cc1onc(C)c1[N+](=O)[O-]. The van der Waals surface area contributed by atoms with Crippen molar-refractivity contribution in [1.82, 2.24) is 5.16 Å². The number of carbonyl (C=O) groups excluding carboxylic acids is 1. The van der Waals surface area contributed by atoms with Crippen LogP contribution in [0.15, 0.2) is 4.52 Å². The molecule has 6 nitrogen and oxygen atoms in total. The lowest BCUT2D eigenvalue weighted by atomic mass is 10.2. The maximum absolute atomic E-state index is 10.7. The van der Waals surface area contributed by atoms with Crippen LogP contribution < -0.4 is 0 Å². The topological polar surface area (TPSA) is 86.2 Å². The predicted molar refractivity (Wildman–Crippen MR) is 42.3 cm³/mol. The number of Topliss-reactive ketones (excluding diaryl/α,β-unsaturated/α-hetero) is 1. The van der Waals surface area contributed by atoms with E-state index >= 15 is 0 Å². The van der Waals surface area contributed by atoms with Gasteiger partial charge in [-0.15, -0.1) is 0 Å². The maximum atomic E-state index is 10.7. The summed E-state index contributed by atoms with van der Waals surface area (Å²) in [6.07, 6.45) is -0.0862. The summed E-state index contributed by atoms with van der Waals surface area (Å²) in [4.78, 5) is 20.6. The van der Waals surface area contributed by atoms with Crippen molar-refractivity contribution in [2.75, 3.05) is 0 Å². The fraction of sp³-hybridized carbons (Fsp3) is 0.429. The summed E-state index contributed by atoms with van der Waals surface area (Å²) in [5, 5.41) is 13.9. The highest BCUT2D eigenvalue weighted by Gasteiger charge is 2.24. The average molecular weight is 184 g/mol. The Kier molecular flexibility index (Phi) is 2.41. The number of ketones is 1. The molecule has 1 rings (SSSR count). The molecule has 0 aliphatic rings. The molecule has 13 heavy (non-hydrogen) atoms. The van der Waals surface area contributed by atoms with Crippen LogP contribution in [0.5, 0.6) is 0 Å². The lowest BCUT2D eigenvalue weighted by Gasteiger charge is -1.89. The number of aromatic nitrogens is 1. The number of carbonyl (C=O) groups is 1. The molecular weight excluding hydrogens is 176 g/mol. The second-order valence-corrected chi connectivity index (χ2v) is 2.68. The molecule has 0 aliphatic carbocycles. The number of hydrogen-bond acceptors (Lipinski definition) is 5. The third-order valence-electron chi connectivity index (χ3n) is 1.49. The van der Waals surface area contributed by atoms with Crippen molar-refractivity contribution in [3.63, 3.8) is 0 Å². The first-order chi connectivity index (χ1) is 6.02. The van der Waals surface area contributed by atoms with Crippen molar-refractivity contribution in [3.8, 4) is 0 Å². The lowest BCUT2D eigenvalue weighted by Crippen LogP contribution is -1.99. The van der Waals surface area contributed by atoms with Gasteiger partial charge in [0.2, 0.25) is 5.76 Å². The summed E-state index contributed by atoms with van der Waals surface area (Å²) in [6, 6.07) is 0. The fourth-order valence-electron chi connectivity index (χ4n) is 0.988. The summed E-state index contributed by atoms with van der Waals surface area (Å²) >= 11 is 0. The molecule has 0 saturated heterocycles. The molecule has 70 valence electrons. The van der Waals surface area contributed by atoms with Crippen molar-refractivity contribution in [2.24, 2.45) is 0 Å². The van der Waals surface area contributed by atoms with Crippen molar-refractivity contribution < 1.29 is 14.2 Å². The van der Waals surface area contributed by atoms with Gasteiger partial charge in [-0.05, 0) is 13.8 Å². The summed E-state index contributed by atoms with van der Waals surface area (Å²) < 4.78 is 4.66. The van der Waals surface area contributed by atoms with E-state index in [1.165, 1.54) is 13.8 Å². The molecule has 0 amide bonds. The Bertz CT molecular complexity index is 355. The standard InChI is InChI=1S/C7H8N2O4/c1-4(10)3-6-7(9(11)12)5(2)8-13-6/h3H2,1-2H3. The zero-order valence-corrected chi connectivity index (χ0v) is 7.23. The van der Waals surface area contributed by atoms with Crippen LogP contribution in [-0.2, 0) is 11.2 Å². The van der Waals surface area contributed by atoms with E-state index in [2.05, 4.69) is 9.68 Å². The van der Waals surface area contributed by atoms with Crippen LogP contribution in [0.3, 0.4) is 0 Å². The smallest absolute Gasteiger partial charge is 0.334 e. The number of hydrogen-bond donors (Lipinski definition) is 0. The van der Waals surface area contributed by atoms with Crippen LogP contribution in [0, 0.1) is 17.0 Å². The highest BCUT2D eigenvalue weighted by atomic mass is 16.6. The van der Waals surface area contributed by atoms with E-state index in [0.29, 0.717) is 0 Å². The number of aryl methyl sites for hydroxylation is 1. The van der Waals surface area contributed by atoms with Crippen LogP contribution in [-0.4, -0.2) is 15.9 Å². The molecule has 0 radical (unpaired) electrons. The molecule has 0 spiro atoms. The van der Waals surface area contributed by atoms with Crippen LogP contribution in [0.4, 0.5) is 5.69 Å². The molecule has 0 aromatic carbocycles. The molecular formula is C7H8N2O4. The van der Waals surface area contributed by atoms with E-state index in [1.807, 2.05) is 0 Å². The van der Waals surface area contributed by atoms with E-state index in [9.17, 15) is 14.9 Å². The molecule has 1 aromatic heterocycles. The Morgan fingerprint density at radius 1 is 1.69 bits per heavy atom. The van der Waals surface area contributed by atoms with E-state index in [0.717, 1.165) is 0 Å². The van der Waals surface area contributed by atoms with Gasteiger partial charge in [0.05, 0.1) is 11.3 Å². The van der Waals surface area contributed by atoms with Gasteiger partial charge in [0.15, 0.2) is 5.69 Å². The average Bonchev–Trinajstić information content (AvgIpc) is 2.30. The number of nitrogens with zero attached hydrogens (tertiary/aromatic N) is 2. The molecule has 1 heterocycles. The van der Waals surface area contributed by atoms with E-state index in [-0.39, 0.29) is 29.3 Å². The van der Waals surface area contributed by atoms with Crippen LogP contribution in [0.25, 0.3) is 0 Å². The van der Waals surface area contributed by atoms with Gasteiger partial charge >= 0.3 is 5.69 Å². The van der Waals surface area contributed by atoms with Gasteiger partial charge in [0.25, 0.3) is 0 Å². The number of nitro groups is 1. The third kappa shape index (κ3) is 1.90. The van der Waals surface area contributed by atoms with Crippen molar-refractivity contribution >= 4 is 11.5 Å². The molecule has 6 heteroatoms. The van der Waals surface area contributed by atoms with Crippen LogP contribution in [0.1, 0.15) is 18.4 Å². The highest BCUT2D eigenvalue weighted by Crippen LogP contribution is 2.22. The molecule has 0 saturated carbocycles. The largest absolute Gasteiger partial charge is 0.353 e. The van der Waals surface area contributed by atoms with Crippen molar-refractivity contribution in [3.05, 3.63) is 21.6 Å². The minimum absolute atomic E-state index is 0.0231. The quantitative estimate of drug-likeness (QED) is 0.517. The fourth-order valence-corrected chi connectivity index (χ4v) is 0.988. The van der Waals surface area contributed by atoms with Gasteiger partial charge in [-0.2, -0.15) is 0 Å². The minimum atomic E-state index is -0.593. The van der Waals surface area contributed by atoms with Crippen molar-refractivity contribution in [1.29, 1.82) is 0 Å². The first-order valence-electron chi connectivity index (χ1n) is 3.61. The van der Waals surface area contributed by atoms with Crippen molar-refractivity contribution in [2.45, 2.75) is 20.3 Å². The van der Waals surface area contributed by atoms with E-state index in [4.69, 9.17) is 0 Å². The Labute approximate surface area is 73.7 Å². The first kappa shape index (κ1) is 9.37. The molecule has 0 aliphatic heterocycles. The minimum Gasteiger partial charge on any atom is -0.353 e. The molecule has 0 bridgehead atoms. The van der Waals surface area contributed by atoms with E-state index < -0.39 is 4.92 Å². The van der Waals surface area contributed by atoms with Gasteiger partial charge in [-0.3, -0.25) is 14.9 Å². The predicted octanol–water partition coefficient (Wildman–Crippen LogP) is 1.02. The third-order valence-corrected chi connectivity index (χ3v) is 1.49. The van der Waals surface area contributed by atoms with Gasteiger partial charge in [0.1, 0.15) is 5.78 Å². The van der Waals surface area contributed by atoms with E-state index in [1.54, 1.807) is 0 Å². The van der Waals surface area contributed by atoms with Gasteiger partial charge < -0.3 is 4.52 Å². The van der Waals surface area contributed by atoms with Crippen LogP contribution >= 0.6 is 0 Å². The molecule has 0 N–H and O–H groups in total. The maximum Gasteiger partial charge on any atom is 0.334 e. The monoisotopic (exact) mass is 184 g/mol. The second kappa shape index (κ2) is 3.34. The number of rotatable bonds is 3. The Balaban J connectivity index is 3.07. The molecule has 0 atom stereocenters. The van der Waals surface area contributed by atoms with Gasteiger partial charge in [-0.1, -0.05) is 5.16 Å². The Morgan fingerprint density at radius 3 is 2.77 bits per heavy atom. The highest BCUT2D eigenvalue weighted by molar-refractivity contribution is 5.78. The van der Waals surface area contributed by atoms with Crippen LogP contribution in [0.2, 0.25) is 0 Å². The van der Waals surface area contributed by atoms with Gasteiger partial charge in [-0.25, -0.2) is 0 Å². The van der Waals surface area contributed by atoms with Gasteiger partial charge in [0, 0.05) is 0 Å². The molecule has 0 unspecified atom stereocenters. The molecule has 1 aromatic rings. The Hall–Kier alpha value is -1.72. The summed E-state index contributed by atoms with van der Waals surface area (Å²) in [6.45, 7) is 2.80. The normalized spacial score (nSPS) is 10.0. The zero-order valence-electron chi connectivity index (χ0n) is 7.23. The first-order valence-corrected chi connectivity index (χ1v) is 3.61.